The number of anilines is 1. The summed E-state index contributed by atoms with van der Waals surface area (Å²) in [7, 11) is -4.49. The van der Waals surface area contributed by atoms with E-state index < -0.39 is 42.5 Å². The Bertz CT molecular complexity index is 964. The molecule has 3 aromatic rings. The van der Waals surface area contributed by atoms with Gasteiger partial charge in [0.15, 0.2) is 34.8 Å². The monoisotopic (exact) mass is 397 g/mol. The van der Waals surface area contributed by atoms with Crippen molar-refractivity contribution in [2.45, 2.75) is 0 Å². The molecule has 27 heavy (non-hydrogen) atoms. The fourth-order valence-corrected chi connectivity index (χ4v) is 3.48. The first-order chi connectivity index (χ1) is 12.9. The summed E-state index contributed by atoms with van der Waals surface area (Å²) in [4.78, 5) is 0. The Morgan fingerprint density at radius 1 is 0.667 bits per heavy atom. The molecule has 0 amide bonds. The number of nitrogens with one attached hydrogen (secondary N) is 1. The number of hydrogen-bond donors (Lipinski definition) is 1. The third kappa shape index (κ3) is 4.60. The molecule has 0 aromatic heterocycles. The maximum absolute atomic E-state index is 13.9. The maximum Gasteiger partial charge on any atom is 0.541 e. The molecule has 1 N–H and O–H groups in total. The molecular formula is C18H12F4NO3P. The number of halogens is 4. The molecule has 0 heterocycles. The molecule has 0 saturated carbocycles. The van der Waals surface area contributed by atoms with E-state index in [-0.39, 0.29) is 5.69 Å². The van der Waals surface area contributed by atoms with Crippen LogP contribution in [-0.2, 0) is 4.57 Å². The smallest absolute Gasteiger partial charge is 0.397 e. The van der Waals surface area contributed by atoms with Crippen LogP contribution in [-0.4, -0.2) is 0 Å². The van der Waals surface area contributed by atoms with Crippen molar-refractivity contribution in [3.8, 4) is 11.5 Å². The Kier molecular flexibility index (Phi) is 5.37. The van der Waals surface area contributed by atoms with Crippen molar-refractivity contribution in [2.75, 3.05) is 5.09 Å². The van der Waals surface area contributed by atoms with Crippen LogP contribution in [0.5, 0.6) is 11.5 Å². The van der Waals surface area contributed by atoms with Gasteiger partial charge in [-0.2, -0.15) is 0 Å². The van der Waals surface area contributed by atoms with Gasteiger partial charge in [-0.3, -0.25) is 5.09 Å². The fourth-order valence-electron chi connectivity index (χ4n) is 2.08. The largest absolute Gasteiger partial charge is 0.541 e. The van der Waals surface area contributed by atoms with Crippen molar-refractivity contribution < 1.29 is 31.2 Å². The molecule has 0 aliphatic heterocycles. The van der Waals surface area contributed by atoms with Gasteiger partial charge in [0.25, 0.3) is 0 Å². The summed E-state index contributed by atoms with van der Waals surface area (Å²) < 4.78 is 77.7. The predicted octanol–water partition coefficient (Wildman–Crippen LogP) is 5.92. The van der Waals surface area contributed by atoms with E-state index in [1.54, 1.807) is 0 Å². The van der Waals surface area contributed by atoms with E-state index in [0.29, 0.717) is 6.07 Å². The first-order valence-corrected chi connectivity index (χ1v) is 9.12. The topological polar surface area (TPSA) is 47.6 Å². The average Bonchev–Trinajstić information content (AvgIpc) is 2.62. The second-order valence-electron chi connectivity index (χ2n) is 5.28. The van der Waals surface area contributed by atoms with Gasteiger partial charge in [-0.15, -0.1) is 0 Å². The van der Waals surface area contributed by atoms with Gasteiger partial charge in [0.05, 0.1) is 0 Å². The van der Waals surface area contributed by atoms with Crippen molar-refractivity contribution in [1.29, 1.82) is 0 Å². The molecule has 0 aliphatic carbocycles. The highest BCUT2D eigenvalue weighted by Gasteiger charge is 2.31. The molecule has 3 aromatic carbocycles. The van der Waals surface area contributed by atoms with Gasteiger partial charge in [0.1, 0.15) is 0 Å². The van der Waals surface area contributed by atoms with Crippen molar-refractivity contribution in [1.82, 2.24) is 0 Å². The average molecular weight is 397 g/mol. The predicted molar refractivity (Wildman–Crippen MR) is 91.6 cm³/mol. The molecule has 0 atom stereocenters. The quantitative estimate of drug-likeness (QED) is 0.414. The number of para-hydroxylation sites is 2. The minimum atomic E-state index is -4.49. The molecule has 0 fully saturated rings. The lowest BCUT2D eigenvalue weighted by atomic mass is 10.3. The van der Waals surface area contributed by atoms with Gasteiger partial charge in [-0.05, 0) is 36.4 Å². The summed E-state index contributed by atoms with van der Waals surface area (Å²) in [6, 6.07) is 12.6. The first kappa shape index (κ1) is 18.8. The van der Waals surface area contributed by atoms with Crippen molar-refractivity contribution in [3.63, 3.8) is 0 Å². The lowest BCUT2D eigenvalue weighted by Crippen LogP contribution is -2.11. The SMILES string of the molecule is O=P(Nc1ccc(F)c(F)c1)(Oc1ccccc1F)Oc1ccccc1F. The van der Waals surface area contributed by atoms with Crippen LogP contribution >= 0.6 is 7.75 Å². The Hall–Kier alpha value is -2.99. The van der Waals surface area contributed by atoms with E-state index in [2.05, 4.69) is 5.09 Å². The lowest BCUT2D eigenvalue weighted by Gasteiger charge is -2.21. The van der Waals surface area contributed by atoms with E-state index in [1.165, 1.54) is 36.4 Å². The minimum Gasteiger partial charge on any atom is -0.397 e. The van der Waals surface area contributed by atoms with Crippen LogP contribution in [0.4, 0.5) is 23.2 Å². The van der Waals surface area contributed by atoms with Gasteiger partial charge < -0.3 is 9.05 Å². The van der Waals surface area contributed by atoms with Crippen LogP contribution in [0, 0.1) is 23.3 Å². The van der Waals surface area contributed by atoms with E-state index >= 15 is 0 Å². The Morgan fingerprint density at radius 2 is 1.19 bits per heavy atom. The molecule has 0 saturated heterocycles. The van der Waals surface area contributed by atoms with Crippen LogP contribution in [0.15, 0.2) is 66.7 Å². The van der Waals surface area contributed by atoms with Gasteiger partial charge in [-0.25, -0.2) is 22.1 Å². The number of benzene rings is 3. The summed E-state index contributed by atoms with van der Waals surface area (Å²) in [6.07, 6.45) is 0. The second-order valence-corrected chi connectivity index (χ2v) is 6.87. The summed E-state index contributed by atoms with van der Waals surface area (Å²) >= 11 is 0. The molecule has 0 bridgehead atoms. The molecule has 0 radical (unpaired) electrons. The van der Waals surface area contributed by atoms with Crippen LogP contribution in [0.1, 0.15) is 0 Å². The Labute approximate surface area is 152 Å². The zero-order valence-electron chi connectivity index (χ0n) is 13.5. The van der Waals surface area contributed by atoms with E-state index in [9.17, 15) is 22.1 Å². The second kappa shape index (κ2) is 7.72. The molecule has 0 spiro atoms. The maximum atomic E-state index is 13.9. The van der Waals surface area contributed by atoms with Crippen LogP contribution in [0.2, 0.25) is 0 Å². The van der Waals surface area contributed by atoms with E-state index in [4.69, 9.17) is 9.05 Å². The third-order valence-corrected chi connectivity index (χ3v) is 4.70. The first-order valence-electron chi connectivity index (χ1n) is 7.58. The normalized spacial score (nSPS) is 11.1. The summed E-state index contributed by atoms with van der Waals surface area (Å²) in [5.41, 5.74) is -0.176. The summed E-state index contributed by atoms with van der Waals surface area (Å²) in [5.74, 6) is -4.91. The molecule has 0 aliphatic rings. The minimum absolute atomic E-state index is 0.176. The number of hydrogen-bond acceptors (Lipinski definition) is 3. The molecule has 3 rings (SSSR count). The van der Waals surface area contributed by atoms with Crippen LogP contribution < -0.4 is 14.1 Å². The molecule has 140 valence electrons. The Balaban J connectivity index is 1.97. The van der Waals surface area contributed by atoms with E-state index in [0.717, 1.165) is 24.3 Å². The molecule has 9 heteroatoms. The summed E-state index contributed by atoms with van der Waals surface area (Å²) in [6.45, 7) is 0. The molecule has 4 nitrogen and oxygen atoms in total. The van der Waals surface area contributed by atoms with Gasteiger partial charge in [0, 0.05) is 11.8 Å². The van der Waals surface area contributed by atoms with Crippen molar-refractivity contribution in [3.05, 3.63) is 90.0 Å². The van der Waals surface area contributed by atoms with Crippen molar-refractivity contribution in [2.24, 2.45) is 0 Å². The zero-order valence-corrected chi connectivity index (χ0v) is 14.4. The molecular weight excluding hydrogens is 385 g/mol. The summed E-state index contributed by atoms with van der Waals surface area (Å²) in [5, 5.41) is 2.25. The standard InChI is InChI=1S/C18H12F4NO3P/c19-13-10-9-12(11-16(13)22)23-27(24,25-17-7-3-1-5-14(17)20)26-18-8-4-2-6-15(18)21/h1-11H,(H,23,24). The number of rotatable bonds is 6. The third-order valence-electron chi connectivity index (χ3n) is 3.30. The lowest BCUT2D eigenvalue weighted by molar-refractivity contribution is 0.373. The van der Waals surface area contributed by atoms with Crippen LogP contribution in [0.25, 0.3) is 0 Å². The van der Waals surface area contributed by atoms with Gasteiger partial charge in [0.2, 0.25) is 0 Å². The molecule has 0 unspecified atom stereocenters. The zero-order chi connectivity index (χ0) is 19.4. The van der Waals surface area contributed by atoms with Crippen molar-refractivity contribution >= 4 is 13.4 Å². The highest BCUT2D eigenvalue weighted by atomic mass is 31.2. The fraction of sp³-hybridized carbons (Fsp3) is 0. The van der Waals surface area contributed by atoms with Gasteiger partial charge >= 0.3 is 7.75 Å². The highest BCUT2D eigenvalue weighted by Crippen LogP contribution is 2.49. The van der Waals surface area contributed by atoms with E-state index in [1.807, 2.05) is 0 Å². The van der Waals surface area contributed by atoms with Gasteiger partial charge in [-0.1, -0.05) is 24.3 Å². The Morgan fingerprint density at radius 3 is 1.67 bits per heavy atom. The van der Waals surface area contributed by atoms with Crippen LogP contribution in [0.3, 0.4) is 0 Å². The highest BCUT2D eigenvalue weighted by molar-refractivity contribution is 7.56.